The van der Waals surface area contributed by atoms with Crippen LogP contribution in [0.2, 0.25) is 0 Å². The second kappa shape index (κ2) is 10.8. The molecule has 4 rings (SSSR count). The third-order valence-corrected chi connectivity index (χ3v) is 6.18. The van der Waals surface area contributed by atoms with E-state index in [9.17, 15) is 9.59 Å². The lowest BCUT2D eigenvalue weighted by Gasteiger charge is -2.17. The molecule has 3 aromatic carbocycles. The summed E-state index contributed by atoms with van der Waals surface area (Å²) in [6.45, 7) is 10.3. The topological polar surface area (TPSA) is 77.5 Å². The van der Waals surface area contributed by atoms with E-state index in [4.69, 9.17) is 14.5 Å². The fourth-order valence-corrected chi connectivity index (χ4v) is 4.35. The van der Waals surface area contributed by atoms with Gasteiger partial charge in [0.1, 0.15) is 5.75 Å². The number of benzene rings is 3. The number of anilines is 1. The first-order valence-electron chi connectivity index (χ1n) is 12.3. The quantitative estimate of drug-likeness (QED) is 0.282. The Morgan fingerprint density at radius 2 is 1.62 bits per heavy atom. The van der Waals surface area contributed by atoms with E-state index in [1.54, 1.807) is 31.4 Å². The number of pyridine rings is 1. The van der Waals surface area contributed by atoms with Gasteiger partial charge in [0.25, 0.3) is 5.91 Å². The summed E-state index contributed by atoms with van der Waals surface area (Å²) in [5.74, 6) is 0.400. The van der Waals surface area contributed by atoms with Crippen LogP contribution >= 0.6 is 0 Å². The Labute approximate surface area is 217 Å². The second-order valence-electron chi connectivity index (χ2n) is 9.69. The fraction of sp³-hybridized carbons (Fsp3) is 0.258. The molecule has 4 aromatic rings. The van der Waals surface area contributed by atoms with Gasteiger partial charge in [0, 0.05) is 16.6 Å². The van der Waals surface area contributed by atoms with Crippen molar-refractivity contribution in [1.29, 1.82) is 0 Å². The number of nitrogens with zero attached hydrogens (tertiary/aromatic N) is 1. The van der Waals surface area contributed by atoms with Gasteiger partial charge in [0.2, 0.25) is 0 Å². The average Bonchev–Trinajstić information content (AvgIpc) is 2.87. The summed E-state index contributed by atoms with van der Waals surface area (Å²) in [5, 5.41) is 3.81. The molecule has 1 heterocycles. The summed E-state index contributed by atoms with van der Waals surface area (Å²) >= 11 is 0. The molecule has 0 fully saturated rings. The van der Waals surface area contributed by atoms with Gasteiger partial charge in [0.05, 0.1) is 36.1 Å². The lowest BCUT2D eigenvalue weighted by Crippen LogP contribution is -2.16. The minimum absolute atomic E-state index is 0.236. The lowest BCUT2D eigenvalue weighted by molar-refractivity contribution is 0.0459. The minimum Gasteiger partial charge on any atom is -0.497 e. The summed E-state index contributed by atoms with van der Waals surface area (Å²) in [6.07, 6.45) is 0. The summed E-state index contributed by atoms with van der Waals surface area (Å²) in [6, 6.07) is 18.5. The van der Waals surface area contributed by atoms with Crippen LogP contribution in [0.1, 0.15) is 51.3 Å². The Kier molecular flexibility index (Phi) is 7.58. The van der Waals surface area contributed by atoms with Crippen molar-refractivity contribution in [3.8, 4) is 17.0 Å². The molecule has 6 nitrogen and oxygen atoms in total. The Hall–Kier alpha value is -4.19. The fourth-order valence-electron chi connectivity index (χ4n) is 4.35. The van der Waals surface area contributed by atoms with Crippen molar-refractivity contribution in [2.24, 2.45) is 5.92 Å². The number of aromatic nitrogens is 1. The Balaban J connectivity index is 1.72. The van der Waals surface area contributed by atoms with Crippen LogP contribution in [0, 0.1) is 26.7 Å². The van der Waals surface area contributed by atoms with Crippen LogP contribution in [-0.4, -0.2) is 30.6 Å². The van der Waals surface area contributed by atoms with Gasteiger partial charge >= 0.3 is 5.97 Å². The summed E-state index contributed by atoms with van der Waals surface area (Å²) < 4.78 is 10.6. The number of fused-ring (bicyclic) bond motifs is 1. The molecule has 0 aliphatic carbocycles. The molecule has 1 amide bonds. The smallest absolute Gasteiger partial charge is 0.338 e. The minimum atomic E-state index is -0.377. The first-order valence-corrected chi connectivity index (χ1v) is 12.3. The van der Waals surface area contributed by atoms with E-state index in [1.807, 2.05) is 65.0 Å². The Morgan fingerprint density at radius 1 is 0.946 bits per heavy atom. The van der Waals surface area contributed by atoms with Gasteiger partial charge in [-0.1, -0.05) is 25.5 Å². The molecule has 0 spiro atoms. The summed E-state index contributed by atoms with van der Waals surface area (Å²) in [4.78, 5) is 30.9. The maximum absolute atomic E-state index is 13.7. The molecule has 0 radical (unpaired) electrons. The molecule has 1 N–H and O–H groups in total. The number of aryl methyl sites for hydroxylation is 2. The van der Waals surface area contributed by atoms with E-state index >= 15 is 0 Å². The van der Waals surface area contributed by atoms with E-state index < -0.39 is 0 Å². The van der Waals surface area contributed by atoms with Crippen LogP contribution in [0.3, 0.4) is 0 Å². The highest BCUT2D eigenvalue weighted by molar-refractivity contribution is 6.15. The van der Waals surface area contributed by atoms with Crippen molar-refractivity contribution in [3.63, 3.8) is 0 Å². The molecule has 1 aromatic heterocycles. The zero-order chi connectivity index (χ0) is 26.7. The molecular formula is C31H32N2O4. The highest BCUT2D eigenvalue weighted by atomic mass is 16.5. The van der Waals surface area contributed by atoms with E-state index in [0.717, 1.165) is 44.6 Å². The Bertz CT molecular complexity index is 1460. The number of esters is 1. The molecule has 0 atom stereocenters. The van der Waals surface area contributed by atoms with Crippen molar-refractivity contribution < 1.29 is 19.1 Å². The maximum Gasteiger partial charge on any atom is 0.338 e. The largest absolute Gasteiger partial charge is 0.497 e. The molecule has 37 heavy (non-hydrogen) atoms. The molecule has 6 heteroatoms. The lowest BCUT2D eigenvalue weighted by atomic mass is 9.94. The van der Waals surface area contributed by atoms with Gasteiger partial charge < -0.3 is 14.8 Å². The highest BCUT2D eigenvalue weighted by Gasteiger charge is 2.21. The number of nitrogens with one attached hydrogen (secondary N) is 1. The van der Waals surface area contributed by atoms with Crippen LogP contribution in [0.25, 0.3) is 22.2 Å². The number of amides is 1. The van der Waals surface area contributed by atoms with E-state index in [-0.39, 0.29) is 17.8 Å². The van der Waals surface area contributed by atoms with Gasteiger partial charge in [-0.25, -0.2) is 9.78 Å². The molecule has 0 bridgehead atoms. The zero-order valence-electron chi connectivity index (χ0n) is 22.1. The maximum atomic E-state index is 13.7. The number of methoxy groups -OCH3 is 1. The number of carbonyl (C=O) groups excluding carboxylic acids is 2. The molecule has 0 unspecified atom stereocenters. The standard InChI is InChI=1S/C31H32N2O4/c1-18(2)17-37-31(35)23-7-11-24(12-8-23)32-30(34)27-21(5)29(22-9-13-25(36-6)14-10-22)33-28-20(4)15-19(3)16-26(27)28/h7-16,18H,17H2,1-6H3,(H,32,34). The van der Waals surface area contributed by atoms with Crippen molar-refractivity contribution in [3.05, 3.63) is 88.5 Å². The van der Waals surface area contributed by atoms with E-state index in [1.165, 1.54) is 0 Å². The first-order chi connectivity index (χ1) is 17.7. The van der Waals surface area contributed by atoms with Crippen LogP contribution < -0.4 is 10.1 Å². The number of hydrogen-bond donors (Lipinski definition) is 1. The molecular weight excluding hydrogens is 464 g/mol. The summed E-state index contributed by atoms with van der Waals surface area (Å²) in [5.41, 5.74) is 6.88. The number of carbonyl (C=O) groups is 2. The highest BCUT2D eigenvalue weighted by Crippen LogP contribution is 2.33. The van der Waals surface area contributed by atoms with Crippen molar-refractivity contribution in [1.82, 2.24) is 4.98 Å². The number of rotatable bonds is 7. The second-order valence-corrected chi connectivity index (χ2v) is 9.69. The Morgan fingerprint density at radius 3 is 2.24 bits per heavy atom. The summed E-state index contributed by atoms with van der Waals surface area (Å²) in [7, 11) is 1.63. The third-order valence-electron chi connectivity index (χ3n) is 6.18. The van der Waals surface area contributed by atoms with Gasteiger partial charge in [-0.15, -0.1) is 0 Å². The molecule has 0 saturated heterocycles. The zero-order valence-corrected chi connectivity index (χ0v) is 22.1. The van der Waals surface area contributed by atoms with Gasteiger partial charge in [-0.2, -0.15) is 0 Å². The monoisotopic (exact) mass is 496 g/mol. The molecule has 190 valence electrons. The molecule has 0 aliphatic rings. The normalized spacial score (nSPS) is 11.0. The molecule has 0 saturated carbocycles. The van der Waals surface area contributed by atoms with Gasteiger partial charge in [-0.3, -0.25) is 4.79 Å². The number of hydrogen-bond acceptors (Lipinski definition) is 5. The molecule has 0 aliphatic heterocycles. The predicted octanol–water partition coefficient (Wildman–Crippen LogP) is 6.90. The van der Waals surface area contributed by atoms with Crippen LogP contribution in [0.15, 0.2) is 60.7 Å². The predicted molar refractivity (Wildman–Crippen MR) is 147 cm³/mol. The third kappa shape index (κ3) is 5.64. The first kappa shape index (κ1) is 25.9. The van der Waals surface area contributed by atoms with Crippen LogP contribution in [0.5, 0.6) is 5.75 Å². The van der Waals surface area contributed by atoms with E-state index in [2.05, 4.69) is 11.4 Å². The van der Waals surface area contributed by atoms with Crippen molar-refractivity contribution in [2.45, 2.75) is 34.6 Å². The van der Waals surface area contributed by atoms with E-state index in [0.29, 0.717) is 23.4 Å². The number of ether oxygens (including phenoxy) is 2. The van der Waals surface area contributed by atoms with Crippen molar-refractivity contribution >= 4 is 28.5 Å². The van der Waals surface area contributed by atoms with Crippen LogP contribution in [-0.2, 0) is 4.74 Å². The van der Waals surface area contributed by atoms with Crippen LogP contribution in [0.4, 0.5) is 5.69 Å². The van der Waals surface area contributed by atoms with Gasteiger partial charge in [-0.05, 0) is 92.4 Å². The average molecular weight is 497 g/mol. The SMILES string of the molecule is COc1ccc(-c2nc3c(C)cc(C)cc3c(C(=O)Nc3ccc(C(=O)OCC(C)C)cc3)c2C)cc1. The van der Waals surface area contributed by atoms with Gasteiger partial charge in [0.15, 0.2) is 0 Å². The van der Waals surface area contributed by atoms with Crippen molar-refractivity contribution in [2.75, 3.05) is 19.0 Å².